The van der Waals surface area contributed by atoms with E-state index in [1.807, 2.05) is 78.9 Å². The van der Waals surface area contributed by atoms with E-state index in [2.05, 4.69) is 31.8 Å². The van der Waals surface area contributed by atoms with Gasteiger partial charge in [0.05, 0.1) is 19.0 Å². The summed E-state index contributed by atoms with van der Waals surface area (Å²) in [6.07, 6.45) is 2.48. The Hall–Kier alpha value is -3.49. The summed E-state index contributed by atoms with van der Waals surface area (Å²) in [5, 5.41) is 8.20. The number of rotatable bonds is 9. The van der Waals surface area contributed by atoms with E-state index in [9.17, 15) is 4.79 Å². The highest BCUT2D eigenvalue weighted by molar-refractivity contribution is 9.10. The molecular weight excluding hydrogens is 512 g/mol. The lowest BCUT2D eigenvalue weighted by Crippen LogP contribution is -2.17. The van der Waals surface area contributed by atoms with E-state index in [0.29, 0.717) is 12.8 Å². The molecule has 172 valence electrons. The van der Waals surface area contributed by atoms with Gasteiger partial charge in [-0.05, 0) is 60.5 Å². The second-order valence-corrected chi connectivity index (χ2v) is 9.35. The maximum Gasteiger partial charge on any atom is 0.240 e. The van der Waals surface area contributed by atoms with Gasteiger partial charge in [0.25, 0.3) is 0 Å². The number of nitrogens with one attached hydrogen (secondary N) is 2. The number of thiazole rings is 1. The number of aryl methyl sites for hydroxylation is 1. The van der Waals surface area contributed by atoms with Gasteiger partial charge in [0.1, 0.15) is 5.75 Å². The normalized spacial score (nSPS) is 10.9. The van der Waals surface area contributed by atoms with Crippen molar-refractivity contribution in [3.8, 4) is 17.0 Å². The fourth-order valence-corrected chi connectivity index (χ4v) is 4.47. The van der Waals surface area contributed by atoms with Crippen LogP contribution in [0, 0.1) is 0 Å². The lowest BCUT2D eigenvalue weighted by molar-refractivity contribution is -0.121. The lowest BCUT2D eigenvalue weighted by atomic mass is 10.1. The van der Waals surface area contributed by atoms with Crippen LogP contribution in [-0.4, -0.2) is 24.2 Å². The minimum absolute atomic E-state index is 0.153. The second-order valence-electron chi connectivity index (χ2n) is 7.36. The van der Waals surface area contributed by atoms with Crippen molar-refractivity contribution in [2.75, 3.05) is 12.4 Å². The van der Waals surface area contributed by atoms with Crippen LogP contribution < -0.4 is 15.5 Å². The topological polar surface area (TPSA) is 75.6 Å². The molecule has 8 heteroatoms. The van der Waals surface area contributed by atoms with Crippen molar-refractivity contribution in [3.63, 3.8) is 0 Å². The van der Waals surface area contributed by atoms with Crippen LogP contribution in [0.25, 0.3) is 11.3 Å². The number of nitrogens with zero attached hydrogens (tertiary/aromatic N) is 2. The summed E-state index contributed by atoms with van der Waals surface area (Å²) in [4.78, 5) is 18.3. The number of anilines is 2. The van der Waals surface area contributed by atoms with E-state index < -0.39 is 0 Å². The Morgan fingerprint density at radius 1 is 1.06 bits per heavy atom. The minimum atomic E-state index is -0.153. The average Bonchev–Trinajstić information content (AvgIpc) is 3.27. The minimum Gasteiger partial charge on any atom is -0.497 e. The third-order valence-corrected chi connectivity index (χ3v) is 6.50. The highest BCUT2D eigenvalue weighted by Crippen LogP contribution is 2.34. The van der Waals surface area contributed by atoms with Gasteiger partial charge in [0.15, 0.2) is 5.13 Å². The Kier molecular flexibility index (Phi) is 8.06. The smallest absolute Gasteiger partial charge is 0.240 e. The average molecular weight is 535 g/mol. The molecular formula is C26H23BrN4O2S. The molecule has 0 fully saturated rings. The van der Waals surface area contributed by atoms with Gasteiger partial charge in [-0.25, -0.2) is 10.4 Å². The van der Waals surface area contributed by atoms with Gasteiger partial charge in [0.2, 0.25) is 5.91 Å². The Labute approximate surface area is 210 Å². The van der Waals surface area contributed by atoms with E-state index in [1.54, 1.807) is 24.7 Å². The van der Waals surface area contributed by atoms with Gasteiger partial charge < -0.3 is 10.1 Å². The Morgan fingerprint density at radius 3 is 2.50 bits per heavy atom. The van der Waals surface area contributed by atoms with Crippen molar-refractivity contribution in [3.05, 3.63) is 93.8 Å². The zero-order chi connectivity index (χ0) is 23.8. The predicted octanol–water partition coefficient (Wildman–Crippen LogP) is 6.41. The van der Waals surface area contributed by atoms with Gasteiger partial charge in [-0.15, -0.1) is 11.3 Å². The van der Waals surface area contributed by atoms with E-state index in [4.69, 9.17) is 9.72 Å². The molecule has 4 aromatic rings. The molecule has 1 aromatic heterocycles. The van der Waals surface area contributed by atoms with Crippen molar-refractivity contribution in [1.82, 2.24) is 10.4 Å². The first-order valence-electron chi connectivity index (χ1n) is 10.6. The van der Waals surface area contributed by atoms with Crippen LogP contribution in [0.5, 0.6) is 5.75 Å². The van der Waals surface area contributed by atoms with Gasteiger partial charge in [-0.3, -0.25) is 4.79 Å². The van der Waals surface area contributed by atoms with Crippen LogP contribution in [-0.2, 0) is 11.2 Å². The number of amides is 1. The maximum absolute atomic E-state index is 12.4. The molecule has 0 saturated heterocycles. The maximum atomic E-state index is 12.4. The number of hydrazone groups is 1. The first-order chi connectivity index (χ1) is 16.6. The van der Waals surface area contributed by atoms with Gasteiger partial charge in [0, 0.05) is 27.0 Å². The largest absolute Gasteiger partial charge is 0.497 e. The van der Waals surface area contributed by atoms with Crippen LogP contribution in [0.3, 0.4) is 0 Å². The molecule has 1 heterocycles. The summed E-state index contributed by atoms with van der Waals surface area (Å²) in [7, 11) is 1.64. The quantitative estimate of drug-likeness (QED) is 0.192. The number of ether oxygens (including phenoxy) is 1. The summed E-state index contributed by atoms with van der Waals surface area (Å²) in [6.45, 7) is 0. The van der Waals surface area contributed by atoms with Crippen LogP contribution >= 0.6 is 27.3 Å². The van der Waals surface area contributed by atoms with Crippen LogP contribution in [0.15, 0.2) is 88.4 Å². The third kappa shape index (κ3) is 6.52. The molecule has 0 aliphatic rings. The molecule has 3 aromatic carbocycles. The zero-order valence-electron chi connectivity index (χ0n) is 18.5. The van der Waals surface area contributed by atoms with E-state index in [-0.39, 0.29) is 5.91 Å². The molecule has 0 radical (unpaired) electrons. The first-order valence-corrected chi connectivity index (χ1v) is 12.3. The van der Waals surface area contributed by atoms with Crippen LogP contribution in [0.4, 0.5) is 10.8 Å². The van der Waals surface area contributed by atoms with Crippen molar-refractivity contribution in [2.45, 2.75) is 12.8 Å². The lowest BCUT2D eigenvalue weighted by Gasteiger charge is -2.04. The molecule has 2 N–H and O–H groups in total. The predicted molar refractivity (Wildman–Crippen MR) is 142 cm³/mol. The number of hydrogen-bond donors (Lipinski definition) is 2. The molecule has 0 saturated carbocycles. The first kappa shape index (κ1) is 23.7. The molecule has 0 aliphatic carbocycles. The van der Waals surface area contributed by atoms with Gasteiger partial charge in [-0.2, -0.15) is 5.10 Å². The molecule has 0 aliphatic heterocycles. The number of aromatic nitrogens is 1. The number of para-hydroxylation sites is 1. The highest BCUT2D eigenvalue weighted by atomic mass is 79.9. The van der Waals surface area contributed by atoms with Crippen LogP contribution in [0.1, 0.15) is 16.9 Å². The summed E-state index contributed by atoms with van der Waals surface area (Å²) in [5.41, 5.74) is 6.31. The molecule has 34 heavy (non-hydrogen) atoms. The number of benzene rings is 3. The molecule has 0 unspecified atom stereocenters. The number of methoxy groups -OCH3 is 1. The fraction of sp³-hybridized carbons (Fsp3) is 0.115. The van der Waals surface area contributed by atoms with Crippen molar-refractivity contribution >= 4 is 50.2 Å². The fourth-order valence-electron chi connectivity index (χ4n) is 3.20. The number of halogens is 1. The second kappa shape index (κ2) is 11.6. The molecule has 1 amide bonds. The number of hydrogen-bond acceptors (Lipinski definition) is 6. The van der Waals surface area contributed by atoms with E-state index in [0.717, 1.165) is 42.7 Å². The Morgan fingerprint density at radius 2 is 1.79 bits per heavy atom. The van der Waals surface area contributed by atoms with E-state index in [1.165, 1.54) is 0 Å². The van der Waals surface area contributed by atoms with Crippen molar-refractivity contribution < 1.29 is 9.53 Å². The molecule has 0 bridgehead atoms. The summed E-state index contributed by atoms with van der Waals surface area (Å²) >= 11 is 4.95. The Bertz CT molecular complexity index is 1260. The van der Waals surface area contributed by atoms with Gasteiger partial charge in [-0.1, -0.05) is 46.3 Å². The molecule has 6 nitrogen and oxygen atoms in total. The molecule has 4 rings (SSSR count). The number of carbonyl (C=O) groups excluding carboxylic acids is 1. The SMILES string of the molecule is COc1ccc(-c2nc(Nc3ccccc3)sc2CCC(=O)N/N=C/c2ccc(Br)cc2)cc1. The standard InChI is InChI=1S/C26H23BrN4O2S/c1-33-22-13-9-19(10-14-22)25-23(34-26(30-25)29-21-5-3-2-4-6-21)15-16-24(32)31-28-17-18-7-11-20(27)12-8-18/h2-14,17H,15-16H2,1H3,(H,29,30)(H,31,32)/b28-17+. The van der Waals surface area contributed by atoms with Crippen LogP contribution in [0.2, 0.25) is 0 Å². The van der Waals surface area contributed by atoms with E-state index >= 15 is 0 Å². The zero-order valence-corrected chi connectivity index (χ0v) is 20.9. The summed E-state index contributed by atoms with van der Waals surface area (Å²) < 4.78 is 6.27. The van der Waals surface area contributed by atoms with Crippen molar-refractivity contribution in [1.29, 1.82) is 0 Å². The number of carbonyl (C=O) groups is 1. The highest BCUT2D eigenvalue weighted by Gasteiger charge is 2.15. The summed E-state index contributed by atoms with van der Waals surface area (Å²) in [6, 6.07) is 25.4. The van der Waals surface area contributed by atoms with Crippen molar-refractivity contribution in [2.24, 2.45) is 5.10 Å². The monoisotopic (exact) mass is 534 g/mol. The van der Waals surface area contributed by atoms with Gasteiger partial charge >= 0.3 is 0 Å². The summed E-state index contributed by atoms with van der Waals surface area (Å²) in [5.74, 6) is 0.631. The molecule has 0 spiro atoms. The Balaban J connectivity index is 1.46. The molecule has 0 atom stereocenters. The third-order valence-electron chi connectivity index (χ3n) is 4.94.